The van der Waals surface area contributed by atoms with Crippen molar-refractivity contribution in [2.45, 2.75) is 296 Å². The Labute approximate surface area is 332 Å². The van der Waals surface area contributed by atoms with Crippen molar-refractivity contribution in [2.75, 3.05) is 20.1 Å². The van der Waals surface area contributed by atoms with Gasteiger partial charge in [-0.15, -0.1) is 12.4 Å². The lowest BCUT2D eigenvalue weighted by Crippen LogP contribution is -2.20. The molecule has 0 aliphatic rings. The molecule has 0 aliphatic carbocycles. The first-order valence-electron chi connectivity index (χ1n) is 24.5. The minimum absolute atomic E-state index is 0. The van der Waals surface area contributed by atoms with Crippen LogP contribution in [0.15, 0.2) is 0 Å². The summed E-state index contributed by atoms with van der Waals surface area (Å²) in [6, 6.07) is 0. The average Bonchev–Trinajstić information content (AvgIpc) is 3.12. The van der Waals surface area contributed by atoms with E-state index in [4.69, 9.17) is 0 Å². The molecule has 0 N–H and O–H groups in total. The molecule has 0 heterocycles. The molecule has 0 aliphatic heterocycles. The lowest BCUT2D eigenvalue weighted by molar-refractivity contribution is 0.314. The van der Waals surface area contributed by atoms with Crippen molar-refractivity contribution in [3.05, 3.63) is 0 Å². The molecule has 0 amide bonds. The molecule has 0 radical (unpaired) electrons. The smallest absolute Gasteiger partial charge is 0.00218 e. The van der Waals surface area contributed by atoms with E-state index in [2.05, 4.69) is 25.8 Å². The maximum Gasteiger partial charge on any atom is -0.00218 e. The molecule has 51 heavy (non-hydrogen) atoms. The zero-order valence-corrected chi connectivity index (χ0v) is 37.2. The largest absolute Gasteiger partial charge is 0.306 e. The SMILES string of the molecule is CCCCCCCCCCCCCCCCCCCCCCCCN(C)CCCCCCCCCCCCCCCCCCCCCCCC.Cl. The molecule has 0 spiro atoms. The molecular formula is C49H102ClN. The van der Waals surface area contributed by atoms with Crippen LogP contribution in [0.5, 0.6) is 0 Å². The van der Waals surface area contributed by atoms with Crippen LogP contribution in [-0.4, -0.2) is 25.0 Å². The summed E-state index contributed by atoms with van der Waals surface area (Å²) in [6.45, 7) is 7.26. The minimum atomic E-state index is 0. The first-order chi connectivity index (χ1) is 24.8. The van der Waals surface area contributed by atoms with Crippen molar-refractivity contribution in [3.63, 3.8) is 0 Å². The van der Waals surface area contributed by atoms with Gasteiger partial charge < -0.3 is 4.90 Å². The van der Waals surface area contributed by atoms with Crippen LogP contribution in [0.2, 0.25) is 0 Å². The minimum Gasteiger partial charge on any atom is -0.306 e. The third-order valence-electron chi connectivity index (χ3n) is 11.8. The van der Waals surface area contributed by atoms with Crippen molar-refractivity contribution < 1.29 is 0 Å². The van der Waals surface area contributed by atoms with Crippen molar-refractivity contribution >= 4 is 12.4 Å². The highest BCUT2D eigenvalue weighted by Crippen LogP contribution is 2.17. The van der Waals surface area contributed by atoms with Crippen LogP contribution in [0.1, 0.15) is 296 Å². The van der Waals surface area contributed by atoms with Crippen LogP contribution in [-0.2, 0) is 0 Å². The highest BCUT2D eigenvalue weighted by Gasteiger charge is 2.01. The monoisotopic (exact) mass is 740 g/mol. The lowest BCUT2D eigenvalue weighted by Gasteiger charge is -2.16. The van der Waals surface area contributed by atoms with Crippen molar-refractivity contribution in [2.24, 2.45) is 0 Å². The van der Waals surface area contributed by atoms with Crippen LogP contribution in [0, 0.1) is 0 Å². The Kier molecular flexibility index (Phi) is 52.6. The number of unbranched alkanes of at least 4 members (excludes halogenated alkanes) is 42. The third kappa shape index (κ3) is 50.2. The molecule has 0 atom stereocenters. The van der Waals surface area contributed by atoms with E-state index in [1.54, 1.807) is 0 Å². The number of nitrogens with zero attached hydrogens (tertiary/aromatic N) is 1. The number of halogens is 1. The molecule has 0 aromatic carbocycles. The van der Waals surface area contributed by atoms with Gasteiger partial charge in [-0.25, -0.2) is 0 Å². The van der Waals surface area contributed by atoms with E-state index in [1.807, 2.05) is 0 Å². The fourth-order valence-corrected chi connectivity index (χ4v) is 8.09. The number of rotatable bonds is 46. The molecule has 0 fully saturated rings. The Hall–Kier alpha value is 0.250. The van der Waals surface area contributed by atoms with Gasteiger partial charge in [0.15, 0.2) is 0 Å². The second-order valence-corrected chi connectivity index (χ2v) is 17.2. The van der Waals surface area contributed by atoms with Crippen LogP contribution < -0.4 is 0 Å². The van der Waals surface area contributed by atoms with Gasteiger partial charge in [-0.1, -0.05) is 284 Å². The van der Waals surface area contributed by atoms with Crippen LogP contribution >= 0.6 is 12.4 Å². The van der Waals surface area contributed by atoms with Crippen LogP contribution in [0.3, 0.4) is 0 Å². The second-order valence-electron chi connectivity index (χ2n) is 17.2. The van der Waals surface area contributed by atoms with Gasteiger partial charge in [-0.2, -0.15) is 0 Å². The summed E-state index contributed by atoms with van der Waals surface area (Å²) >= 11 is 0. The van der Waals surface area contributed by atoms with E-state index in [-0.39, 0.29) is 12.4 Å². The molecular weight excluding hydrogens is 638 g/mol. The van der Waals surface area contributed by atoms with Crippen LogP contribution in [0.4, 0.5) is 0 Å². The molecule has 0 aromatic heterocycles. The summed E-state index contributed by atoms with van der Waals surface area (Å²) < 4.78 is 0. The average molecular weight is 741 g/mol. The zero-order chi connectivity index (χ0) is 36.1. The molecule has 0 unspecified atom stereocenters. The zero-order valence-electron chi connectivity index (χ0n) is 36.4. The fourth-order valence-electron chi connectivity index (χ4n) is 8.09. The Balaban J connectivity index is 0. The van der Waals surface area contributed by atoms with Gasteiger partial charge in [-0.05, 0) is 33.0 Å². The third-order valence-corrected chi connectivity index (χ3v) is 11.8. The van der Waals surface area contributed by atoms with Gasteiger partial charge in [0.25, 0.3) is 0 Å². The Morgan fingerprint density at radius 2 is 0.314 bits per heavy atom. The highest BCUT2D eigenvalue weighted by atomic mass is 35.5. The fraction of sp³-hybridized carbons (Fsp3) is 1.00. The predicted octanol–water partition coefficient (Wildman–Crippen LogP) is 18.5. The predicted molar refractivity (Wildman–Crippen MR) is 239 cm³/mol. The molecule has 0 saturated heterocycles. The Morgan fingerprint density at radius 3 is 0.451 bits per heavy atom. The van der Waals surface area contributed by atoms with E-state index in [9.17, 15) is 0 Å². The van der Waals surface area contributed by atoms with E-state index in [0.29, 0.717) is 0 Å². The van der Waals surface area contributed by atoms with Crippen molar-refractivity contribution in [1.29, 1.82) is 0 Å². The van der Waals surface area contributed by atoms with Gasteiger partial charge in [0, 0.05) is 0 Å². The summed E-state index contributed by atoms with van der Waals surface area (Å²) in [5.74, 6) is 0. The van der Waals surface area contributed by atoms with Gasteiger partial charge >= 0.3 is 0 Å². The van der Waals surface area contributed by atoms with Gasteiger partial charge in [0.1, 0.15) is 0 Å². The van der Waals surface area contributed by atoms with Gasteiger partial charge in [0.2, 0.25) is 0 Å². The summed E-state index contributed by atoms with van der Waals surface area (Å²) in [5, 5.41) is 0. The topological polar surface area (TPSA) is 3.24 Å². The van der Waals surface area contributed by atoms with E-state index < -0.39 is 0 Å². The summed E-state index contributed by atoms with van der Waals surface area (Å²) in [7, 11) is 2.36. The molecule has 0 rings (SSSR count). The maximum atomic E-state index is 2.60. The van der Waals surface area contributed by atoms with Crippen molar-refractivity contribution in [3.8, 4) is 0 Å². The Morgan fingerprint density at radius 1 is 0.196 bits per heavy atom. The quantitative estimate of drug-likeness (QED) is 0.0562. The number of hydrogen-bond acceptors (Lipinski definition) is 1. The van der Waals surface area contributed by atoms with E-state index in [0.717, 1.165) is 0 Å². The van der Waals surface area contributed by atoms with E-state index in [1.165, 1.54) is 296 Å². The Bertz CT molecular complexity index is 516. The molecule has 0 saturated carbocycles. The lowest BCUT2D eigenvalue weighted by atomic mass is 10.0. The van der Waals surface area contributed by atoms with Gasteiger partial charge in [0.05, 0.1) is 0 Å². The molecule has 2 heteroatoms. The standard InChI is InChI=1S/C49H101N.ClH/c1-4-6-8-10-12-14-16-18-20-22-24-26-28-30-32-34-36-38-40-42-44-46-48-50(3)49-47-45-43-41-39-37-35-33-31-29-27-25-23-21-19-17-15-13-11-9-7-5-2;/h4-49H2,1-3H3;1H. The number of hydrogen-bond donors (Lipinski definition) is 0. The van der Waals surface area contributed by atoms with Gasteiger partial charge in [-0.3, -0.25) is 0 Å². The highest BCUT2D eigenvalue weighted by molar-refractivity contribution is 5.85. The summed E-state index contributed by atoms with van der Waals surface area (Å²) in [5.41, 5.74) is 0. The summed E-state index contributed by atoms with van der Waals surface area (Å²) in [6.07, 6.45) is 64.8. The summed E-state index contributed by atoms with van der Waals surface area (Å²) in [4.78, 5) is 2.60. The molecule has 310 valence electrons. The molecule has 0 aromatic rings. The van der Waals surface area contributed by atoms with Crippen molar-refractivity contribution in [1.82, 2.24) is 4.90 Å². The first kappa shape index (κ1) is 53.4. The normalized spacial score (nSPS) is 11.5. The molecule has 0 bridgehead atoms. The molecule has 1 nitrogen and oxygen atoms in total. The maximum absolute atomic E-state index is 2.60. The second kappa shape index (κ2) is 50.2. The van der Waals surface area contributed by atoms with E-state index >= 15 is 0 Å². The van der Waals surface area contributed by atoms with Crippen LogP contribution in [0.25, 0.3) is 0 Å². The first-order valence-corrected chi connectivity index (χ1v) is 24.5.